The van der Waals surface area contributed by atoms with Gasteiger partial charge in [-0.05, 0) is 38.2 Å². The predicted octanol–water partition coefficient (Wildman–Crippen LogP) is 4.55. The van der Waals surface area contributed by atoms with Gasteiger partial charge < -0.3 is 10.1 Å². The van der Waals surface area contributed by atoms with E-state index in [-0.39, 0.29) is 0 Å². The zero-order valence-corrected chi connectivity index (χ0v) is 13.3. The number of hydrogen-bond acceptors (Lipinski definition) is 5. The van der Waals surface area contributed by atoms with Crippen molar-refractivity contribution in [2.24, 2.45) is 5.92 Å². The first-order valence-corrected chi connectivity index (χ1v) is 8.40. The number of hydrogen-bond donors (Lipinski definition) is 1. The Bertz CT molecular complexity index is 599. The van der Waals surface area contributed by atoms with Crippen molar-refractivity contribution in [3.63, 3.8) is 0 Å². The lowest BCUT2D eigenvalue weighted by Crippen LogP contribution is -2.28. The number of nitrogens with one attached hydrogen (secondary N) is 1. The number of anilines is 2. The molecule has 112 valence electrons. The molecule has 2 aromatic heterocycles. The minimum atomic E-state index is 0.330. The second kappa shape index (κ2) is 6.43. The van der Waals surface area contributed by atoms with Crippen LogP contribution in [0.3, 0.4) is 0 Å². The normalized spacial score (nSPS) is 22.0. The lowest BCUT2D eigenvalue weighted by molar-refractivity contribution is 0.102. The van der Waals surface area contributed by atoms with E-state index < -0.39 is 0 Å². The van der Waals surface area contributed by atoms with Gasteiger partial charge in [-0.1, -0.05) is 13.3 Å². The Morgan fingerprint density at radius 3 is 2.95 bits per heavy atom. The molecule has 2 heterocycles. The molecule has 4 nitrogen and oxygen atoms in total. The molecule has 0 saturated heterocycles. The highest BCUT2D eigenvalue weighted by molar-refractivity contribution is 7.13. The van der Waals surface area contributed by atoms with Crippen LogP contribution in [0.15, 0.2) is 23.7 Å². The molecule has 2 unspecified atom stereocenters. The average Bonchev–Trinajstić information content (AvgIpc) is 2.87. The van der Waals surface area contributed by atoms with Gasteiger partial charge in [0.2, 0.25) is 0 Å². The minimum absolute atomic E-state index is 0.330. The summed E-state index contributed by atoms with van der Waals surface area (Å²) >= 11 is 1.58. The highest BCUT2D eigenvalue weighted by atomic mass is 32.1. The van der Waals surface area contributed by atoms with E-state index in [9.17, 15) is 0 Å². The van der Waals surface area contributed by atoms with Gasteiger partial charge in [-0.3, -0.25) is 0 Å². The van der Waals surface area contributed by atoms with Crippen LogP contribution in [-0.4, -0.2) is 16.1 Å². The maximum atomic E-state index is 6.15. The molecule has 1 aliphatic carbocycles. The van der Waals surface area contributed by atoms with Crippen molar-refractivity contribution in [1.82, 2.24) is 9.97 Å². The highest BCUT2D eigenvalue weighted by Crippen LogP contribution is 2.29. The molecule has 1 N–H and O–H groups in total. The van der Waals surface area contributed by atoms with Gasteiger partial charge in [-0.25, -0.2) is 9.97 Å². The maximum Gasteiger partial charge on any atom is 0.188 e. The first kappa shape index (κ1) is 14.3. The van der Waals surface area contributed by atoms with Gasteiger partial charge in [-0.2, -0.15) is 0 Å². The van der Waals surface area contributed by atoms with Crippen LogP contribution < -0.4 is 10.1 Å². The number of thiazole rings is 1. The highest BCUT2D eigenvalue weighted by Gasteiger charge is 2.22. The third kappa shape index (κ3) is 3.73. The molecule has 2 aromatic rings. The van der Waals surface area contributed by atoms with E-state index in [0.29, 0.717) is 12.0 Å². The minimum Gasteiger partial charge on any atom is -0.490 e. The quantitative estimate of drug-likeness (QED) is 0.900. The lowest BCUT2D eigenvalue weighted by Gasteiger charge is -2.29. The molecule has 0 bridgehead atoms. The second-order valence-corrected chi connectivity index (χ2v) is 6.57. The van der Waals surface area contributed by atoms with E-state index in [1.807, 2.05) is 24.4 Å². The number of aromatic nitrogens is 2. The number of rotatable bonds is 4. The van der Waals surface area contributed by atoms with E-state index in [4.69, 9.17) is 4.74 Å². The van der Waals surface area contributed by atoms with Gasteiger partial charge in [0, 0.05) is 17.6 Å². The van der Waals surface area contributed by atoms with Crippen LogP contribution in [0, 0.1) is 12.8 Å². The summed E-state index contributed by atoms with van der Waals surface area (Å²) in [6.07, 6.45) is 7.12. The Morgan fingerprint density at radius 2 is 2.19 bits per heavy atom. The van der Waals surface area contributed by atoms with Gasteiger partial charge in [-0.15, -0.1) is 11.3 Å². The third-order valence-electron chi connectivity index (χ3n) is 3.91. The van der Waals surface area contributed by atoms with E-state index in [1.54, 1.807) is 17.5 Å². The fourth-order valence-electron chi connectivity index (χ4n) is 2.71. The smallest absolute Gasteiger partial charge is 0.188 e. The van der Waals surface area contributed by atoms with Crippen molar-refractivity contribution >= 4 is 22.3 Å². The number of pyridine rings is 1. The monoisotopic (exact) mass is 303 g/mol. The summed E-state index contributed by atoms with van der Waals surface area (Å²) < 4.78 is 6.15. The van der Waals surface area contributed by atoms with Crippen molar-refractivity contribution in [2.45, 2.75) is 45.6 Å². The van der Waals surface area contributed by atoms with Gasteiger partial charge in [0.25, 0.3) is 0 Å². The zero-order chi connectivity index (χ0) is 14.7. The molecular formula is C16H21N3OS. The number of nitrogens with zero attached hydrogens (tertiary/aromatic N) is 2. The molecule has 0 aromatic carbocycles. The summed E-state index contributed by atoms with van der Waals surface area (Å²) in [4.78, 5) is 8.72. The Morgan fingerprint density at radius 1 is 1.33 bits per heavy atom. The molecule has 0 radical (unpaired) electrons. The Hall–Kier alpha value is -1.62. The fraction of sp³-hybridized carbons (Fsp3) is 0.500. The molecule has 3 rings (SSSR count). The van der Waals surface area contributed by atoms with Crippen molar-refractivity contribution in [2.75, 3.05) is 5.32 Å². The van der Waals surface area contributed by atoms with Gasteiger partial charge in [0.15, 0.2) is 5.13 Å². The summed E-state index contributed by atoms with van der Waals surface area (Å²) in [5, 5.41) is 6.11. The summed E-state index contributed by atoms with van der Waals surface area (Å²) in [5.41, 5.74) is 1.02. The van der Waals surface area contributed by atoms with Crippen molar-refractivity contribution in [1.29, 1.82) is 0 Å². The van der Waals surface area contributed by atoms with E-state index >= 15 is 0 Å². The zero-order valence-electron chi connectivity index (χ0n) is 12.5. The molecule has 21 heavy (non-hydrogen) atoms. The molecule has 1 aliphatic rings. The molecule has 0 spiro atoms. The molecule has 1 saturated carbocycles. The Labute approximate surface area is 129 Å². The molecular weight excluding hydrogens is 282 g/mol. The van der Waals surface area contributed by atoms with Crippen molar-refractivity contribution in [3.05, 3.63) is 29.4 Å². The molecule has 0 amide bonds. The van der Waals surface area contributed by atoms with Crippen molar-refractivity contribution < 1.29 is 4.74 Å². The lowest BCUT2D eigenvalue weighted by atomic mass is 9.88. The summed E-state index contributed by atoms with van der Waals surface area (Å²) in [7, 11) is 0. The van der Waals surface area contributed by atoms with Gasteiger partial charge in [0.05, 0.1) is 5.69 Å². The molecule has 0 aliphatic heterocycles. The third-order valence-corrected chi connectivity index (χ3v) is 4.78. The predicted molar refractivity (Wildman–Crippen MR) is 86.4 cm³/mol. The van der Waals surface area contributed by atoms with Crippen LogP contribution in [0.5, 0.6) is 5.75 Å². The number of ether oxygens (including phenoxy) is 1. The van der Waals surface area contributed by atoms with Crippen LogP contribution in [0.25, 0.3) is 0 Å². The van der Waals surface area contributed by atoms with Crippen LogP contribution in [0.2, 0.25) is 0 Å². The van der Waals surface area contributed by atoms with Crippen LogP contribution in [0.1, 0.15) is 38.3 Å². The first-order valence-electron chi connectivity index (χ1n) is 7.52. The summed E-state index contributed by atoms with van der Waals surface area (Å²) in [5.74, 6) is 2.30. The van der Waals surface area contributed by atoms with Crippen LogP contribution in [0.4, 0.5) is 10.9 Å². The maximum absolute atomic E-state index is 6.15. The van der Waals surface area contributed by atoms with E-state index in [0.717, 1.165) is 28.8 Å². The standard InChI is InChI=1S/C16H21N3OS/c1-11-5-3-4-6-14(11)20-13-7-8-17-15(9-13)19-16-18-12(2)10-21-16/h7-11,14H,3-6H2,1-2H3,(H,17,18,19). The van der Waals surface area contributed by atoms with Crippen LogP contribution >= 0.6 is 11.3 Å². The Balaban J connectivity index is 1.67. The Kier molecular flexibility index (Phi) is 4.39. The van der Waals surface area contributed by atoms with Gasteiger partial charge >= 0.3 is 0 Å². The second-order valence-electron chi connectivity index (χ2n) is 5.71. The SMILES string of the molecule is Cc1csc(Nc2cc(OC3CCCCC3C)ccn2)n1. The van der Waals surface area contributed by atoms with Crippen LogP contribution in [-0.2, 0) is 0 Å². The fourth-order valence-corrected chi connectivity index (χ4v) is 3.40. The summed E-state index contributed by atoms with van der Waals surface area (Å²) in [6, 6.07) is 3.89. The van der Waals surface area contributed by atoms with Gasteiger partial charge in [0.1, 0.15) is 17.7 Å². The average molecular weight is 303 g/mol. The van der Waals surface area contributed by atoms with Crippen molar-refractivity contribution in [3.8, 4) is 5.75 Å². The van der Waals surface area contributed by atoms with E-state index in [1.165, 1.54) is 19.3 Å². The number of aryl methyl sites for hydroxylation is 1. The molecule has 1 fully saturated rings. The molecule has 2 atom stereocenters. The molecule has 5 heteroatoms. The van der Waals surface area contributed by atoms with E-state index in [2.05, 4.69) is 22.2 Å². The topological polar surface area (TPSA) is 47.0 Å². The summed E-state index contributed by atoms with van der Waals surface area (Å²) in [6.45, 7) is 4.27. The first-order chi connectivity index (χ1) is 10.2. The largest absolute Gasteiger partial charge is 0.490 e.